The molecule has 3 atom stereocenters. The Morgan fingerprint density at radius 1 is 1.50 bits per heavy atom. The van der Waals surface area contributed by atoms with E-state index in [0.717, 1.165) is 0 Å². The maximum Gasteiger partial charge on any atom is 0.394 e. The summed E-state index contributed by atoms with van der Waals surface area (Å²) in [6, 6.07) is 0. The summed E-state index contributed by atoms with van der Waals surface area (Å²) in [6.45, 7) is 1.59. The molecule has 12 heavy (non-hydrogen) atoms. The van der Waals surface area contributed by atoms with Crippen molar-refractivity contribution in [3.8, 4) is 0 Å². The van der Waals surface area contributed by atoms with E-state index in [-0.39, 0.29) is 6.10 Å². The maximum atomic E-state index is 12.3. The molecule has 3 unspecified atom stereocenters. The summed E-state index contributed by atoms with van der Waals surface area (Å²) in [5.74, 6) is 0. The third-order valence-electron chi connectivity index (χ3n) is 1.33. The number of rotatable bonds is 3. The number of hydrogen-bond donors (Lipinski definition) is 0. The number of halogens is 4. The van der Waals surface area contributed by atoms with Crippen LogP contribution in [0.15, 0.2) is 0 Å². The van der Waals surface area contributed by atoms with Crippen LogP contribution >= 0.6 is 0 Å². The molecule has 0 saturated carbocycles. The van der Waals surface area contributed by atoms with Gasteiger partial charge in [-0.1, -0.05) is 0 Å². The fourth-order valence-corrected chi connectivity index (χ4v) is 0.685. The van der Waals surface area contributed by atoms with E-state index in [2.05, 4.69) is 9.47 Å². The third-order valence-corrected chi connectivity index (χ3v) is 1.33. The molecule has 0 aromatic rings. The van der Waals surface area contributed by atoms with E-state index in [0.29, 0.717) is 0 Å². The normalized spacial score (nSPS) is 31.8. The van der Waals surface area contributed by atoms with E-state index in [1.165, 1.54) is 0 Å². The molecule has 6 heteroatoms. The molecule has 0 bridgehead atoms. The van der Waals surface area contributed by atoms with Crippen molar-refractivity contribution in [3.63, 3.8) is 0 Å². The lowest BCUT2D eigenvalue weighted by Gasteiger charge is -2.09. The van der Waals surface area contributed by atoms with Crippen molar-refractivity contribution >= 4 is 0 Å². The van der Waals surface area contributed by atoms with Gasteiger partial charge in [0, 0.05) is 0 Å². The summed E-state index contributed by atoms with van der Waals surface area (Å²) >= 11 is 0. The van der Waals surface area contributed by atoms with Crippen molar-refractivity contribution < 1.29 is 27.0 Å². The summed E-state index contributed by atoms with van der Waals surface area (Å²) in [7, 11) is 0. The van der Waals surface area contributed by atoms with Gasteiger partial charge in [0.25, 0.3) is 0 Å². The van der Waals surface area contributed by atoms with Crippen molar-refractivity contribution in [2.24, 2.45) is 0 Å². The van der Waals surface area contributed by atoms with Gasteiger partial charge < -0.3 is 9.47 Å². The molecule has 1 saturated heterocycles. The Morgan fingerprint density at radius 3 is 2.33 bits per heavy atom. The molecule has 1 aliphatic heterocycles. The smallest absolute Gasteiger partial charge is 0.342 e. The molecule has 1 rings (SSSR count). The highest BCUT2D eigenvalue weighted by molar-refractivity contribution is 4.71. The Bertz CT molecular complexity index is 158. The molecule has 1 heterocycles. The van der Waals surface area contributed by atoms with Crippen LogP contribution in [-0.2, 0) is 9.47 Å². The Labute approximate surface area is 66.4 Å². The quantitative estimate of drug-likeness (QED) is 0.499. The van der Waals surface area contributed by atoms with Crippen molar-refractivity contribution in [1.82, 2.24) is 0 Å². The maximum absolute atomic E-state index is 12.3. The van der Waals surface area contributed by atoms with Crippen LogP contribution in [0.5, 0.6) is 0 Å². The monoisotopic (exact) mass is 188 g/mol. The molecule has 0 amide bonds. The Hall–Kier alpha value is -0.360. The van der Waals surface area contributed by atoms with Gasteiger partial charge in [0.05, 0.1) is 6.42 Å². The second kappa shape index (κ2) is 3.18. The molecular formula is C6H8F4O2. The topological polar surface area (TPSA) is 21.8 Å². The van der Waals surface area contributed by atoms with E-state index in [1.54, 1.807) is 6.92 Å². The zero-order valence-corrected chi connectivity index (χ0v) is 6.27. The van der Waals surface area contributed by atoms with Crippen LogP contribution in [0.2, 0.25) is 0 Å². The van der Waals surface area contributed by atoms with Gasteiger partial charge in [-0.15, -0.1) is 0 Å². The fraction of sp³-hybridized carbons (Fsp3) is 1.00. The minimum Gasteiger partial charge on any atom is -0.342 e. The minimum atomic E-state index is -4.53. The first-order valence-corrected chi connectivity index (χ1v) is 3.40. The Balaban J connectivity index is 2.16. The molecular weight excluding hydrogens is 180 g/mol. The highest BCUT2D eigenvalue weighted by Gasteiger charge is 2.41. The highest BCUT2D eigenvalue weighted by atomic mass is 19.4. The van der Waals surface area contributed by atoms with Gasteiger partial charge in [0.1, 0.15) is 6.10 Å². The molecule has 72 valence electrons. The van der Waals surface area contributed by atoms with Gasteiger partial charge in [-0.25, -0.2) is 4.39 Å². The zero-order chi connectivity index (χ0) is 9.35. The summed E-state index contributed by atoms with van der Waals surface area (Å²) in [6.07, 6.45) is -9.53. The predicted molar refractivity (Wildman–Crippen MR) is 31.0 cm³/mol. The number of alkyl halides is 4. The molecule has 0 radical (unpaired) electrons. The van der Waals surface area contributed by atoms with E-state index in [1.807, 2.05) is 0 Å². The van der Waals surface area contributed by atoms with Gasteiger partial charge in [0.2, 0.25) is 6.36 Å². The second-order valence-electron chi connectivity index (χ2n) is 2.58. The van der Waals surface area contributed by atoms with Crippen LogP contribution in [0, 0.1) is 0 Å². The lowest BCUT2D eigenvalue weighted by atomic mass is 10.4. The molecule has 0 aliphatic carbocycles. The van der Waals surface area contributed by atoms with Crippen LogP contribution in [0.25, 0.3) is 0 Å². The van der Waals surface area contributed by atoms with E-state index >= 15 is 0 Å². The van der Waals surface area contributed by atoms with Crippen LogP contribution in [-0.4, -0.2) is 24.9 Å². The lowest BCUT2D eigenvalue weighted by molar-refractivity contribution is -0.192. The molecule has 0 aromatic heterocycles. The third kappa shape index (κ3) is 3.36. The van der Waals surface area contributed by atoms with E-state index in [9.17, 15) is 17.6 Å². The SMILES string of the molecule is CC1OC1OC(F)CC(F)(F)F. The summed E-state index contributed by atoms with van der Waals surface area (Å²) < 4.78 is 55.7. The van der Waals surface area contributed by atoms with E-state index < -0.39 is 25.2 Å². The standard InChI is InChI=1S/C6H8F4O2/c1-3-5(11-3)12-4(7)2-6(8,9)10/h3-5H,2H2,1H3. The van der Waals surface area contributed by atoms with Gasteiger partial charge in [0.15, 0.2) is 6.29 Å². The molecule has 0 N–H and O–H groups in total. The first-order chi connectivity index (χ1) is 5.38. The van der Waals surface area contributed by atoms with Crippen LogP contribution < -0.4 is 0 Å². The minimum absolute atomic E-state index is 0.295. The molecule has 2 nitrogen and oxygen atoms in total. The van der Waals surface area contributed by atoms with Gasteiger partial charge in [-0.05, 0) is 6.92 Å². The lowest BCUT2D eigenvalue weighted by Crippen LogP contribution is -2.20. The zero-order valence-electron chi connectivity index (χ0n) is 6.27. The van der Waals surface area contributed by atoms with Gasteiger partial charge >= 0.3 is 6.18 Å². The summed E-state index contributed by atoms with van der Waals surface area (Å²) in [5.41, 5.74) is 0. The first-order valence-electron chi connectivity index (χ1n) is 3.40. The van der Waals surface area contributed by atoms with Gasteiger partial charge in [-0.2, -0.15) is 13.2 Å². The average Bonchev–Trinajstić information content (AvgIpc) is 2.40. The van der Waals surface area contributed by atoms with E-state index in [4.69, 9.17) is 0 Å². The number of ether oxygens (including phenoxy) is 2. The Morgan fingerprint density at radius 2 is 2.00 bits per heavy atom. The van der Waals surface area contributed by atoms with Crippen molar-refractivity contribution in [2.45, 2.75) is 38.3 Å². The van der Waals surface area contributed by atoms with Crippen LogP contribution in [0.1, 0.15) is 13.3 Å². The molecule has 0 aromatic carbocycles. The fourth-order valence-electron chi connectivity index (χ4n) is 0.685. The average molecular weight is 188 g/mol. The van der Waals surface area contributed by atoms with Crippen LogP contribution in [0.4, 0.5) is 17.6 Å². The Kier molecular flexibility index (Phi) is 2.58. The first kappa shape index (κ1) is 9.73. The molecule has 0 spiro atoms. The molecule has 1 fully saturated rings. The van der Waals surface area contributed by atoms with Crippen molar-refractivity contribution in [3.05, 3.63) is 0 Å². The second-order valence-corrected chi connectivity index (χ2v) is 2.58. The predicted octanol–water partition coefficient (Wildman–Crippen LogP) is 2.00. The van der Waals surface area contributed by atoms with Crippen LogP contribution in [0.3, 0.4) is 0 Å². The summed E-state index contributed by atoms with van der Waals surface area (Å²) in [5, 5.41) is 0. The van der Waals surface area contributed by atoms with Gasteiger partial charge in [-0.3, -0.25) is 0 Å². The number of hydrogen-bond acceptors (Lipinski definition) is 2. The highest BCUT2D eigenvalue weighted by Crippen LogP contribution is 2.29. The summed E-state index contributed by atoms with van der Waals surface area (Å²) in [4.78, 5) is 0. The molecule has 1 aliphatic rings. The largest absolute Gasteiger partial charge is 0.394 e. The van der Waals surface area contributed by atoms with Crippen molar-refractivity contribution in [1.29, 1.82) is 0 Å². The number of epoxide rings is 1. The van der Waals surface area contributed by atoms with Crippen molar-refractivity contribution in [2.75, 3.05) is 0 Å².